The molecule has 0 nitrogen and oxygen atoms in total. The summed E-state index contributed by atoms with van der Waals surface area (Å²) in [5.74, 6) is 6.63. The second kappa shape index (κ2) is 18.3. The van der Waals surface area contributed by atoms with Gasteiger partial charge in [0.2, 0.25) is 0 Å². The molecule has 3 aliphatic carbocycles. The van der Waals surface area contributed by atoms with Crippen molar-refractivity contribution in [2.45, 2.75) is 199 Å². The first-order chi connectivity index (χ1) is 23.7. The van der Waals surface area contributed by atoms with Crippen LogP contribution in [0, 0.1) is 80.3 Å². The van der Waals surface area contributed by atoms with E-state index in [1.807, 2.05) is 0 Å². The molecule has 0 aromatic rings. The zero-order chi connectivity index (χ0) is 42.0. The van der Waals surface area contributed by atoms with Gasteiger partial charge < -0.3 is 0 Å². The first kappa shape index (κ1) is 49.7. The maximum atomic E-state index is 2.48. The standard InChI is InChI=1S/C18H34.C18H32.C17H30/c2*1-12(2)17(6,7)15(5)14(4)16-11-10-13(3)18(16,8)9;1-11(2)13(4)14(5)15(6)16-10-9-12(3)17(16,7)8/h10,12,14-16H,11H2,1-9H3;10,12,16H,11H2,1-9H3;9,11,15-16H,10H2,1-8H3/b;15-14+;14-13+. The molecule has 6 atom stereocenters. The third kappa shape index (κ3) is 10.8. The van der Waals surface area contributed by atoms with Gasteiger partial charge in [0.15, 0.2) is 0 Å². The summed E-state index contributed by atoms with van der Waals surface area (Å²) in [6, 6.07) is 0. The minimum absolute atomic E-state index is 0.302. The van der Waals surface area contributed by atoms with Crippen molar-refractivity contribution in [3.05, 3.63) is 57.2 Å². The Morgan fingerprint density at radius 1 is 0.566 bits per heavy atom. The largest absolute Gasteiger partial charge is 0.0847 e. The van der Waals surface area contributed by atoms with E-state index >= 15 is 0 Å². The van der Waals surface area contributed by atoms with Gasteiger partial charge in [-0.3, -0.25) is 0 Å². The highest BCUT2D eigenvalue weighted by atomic mass is 14.5. The summed E-state index contributed by atoms with van der Waals surface area (Å²) >= 11 is 0. The van der Waals surface area contributed by atoms with E-state index in [0.717, 1.165) is 29.6 Å². The molecular weight excluding hydrogens is 637 g/mol. The number of hydrogen-bond acceptors (Lipinski definition) is 0. The molecule has 6 unspecified atom stereocenters. The molecular formula is C53H96. The fourth-order valence-electron chi connectivity index (χ4n) is 9.72. The number of allylic oxidation sites excluding steroid dienone is 10. The lowest BCUT2D eigenvalue weighted by Crippen LogP contribution is -2.38. The summed E-state index contributed by atoms with van der Waals surface area (Å²) in [5, 5.41) is 0. The van der Waals surface area contributed by atoms with E-state index in [9.17, 15) is 0 Å². The van der Waals surface area contributed by atoms with Crippen LogP contribution in [0.5, 0.6) is 0 Å². The van der Waals surface area contributed by atoms with Crippen LogP contribution in [0.25, 0.3) is 0 Å². The third-order valence-corrected chi connectivity index (χ3v) is 18.2. The van der Waals surface area contributed by atoms with E-state index in [-0.39, 0.29) is 0 Å². The molecule has 0 heterocycles. The molecule has 0 N–H and O–H groups in total. The van der Waals surface area contributed by atoms with Gasteiger partial charge in [-0.2, -0.15) is 0 Å². The lowest BCUT2D eigenvalue weighted by Gasteiger charge is -2.45. The van der Waals surface area contributed by atoms with Crippen LogP contribution in [0.1, 0.15) is 199 Å². The fraction of sp³-hybridized carbons (Fsp3) is 0.811. The Balaban J connectivity index is 0.000000398. The number of hydrogen-bond donors (Lipinski definition) is 0. The lowest BCUT2D eigenvalue weighted by molar-refractivity contribution is 0.0508. The van der Waals surface area contributed by atoms with Gasteiger partial charge in [0.25, 0.3) is 0 Å². The zero-order valence-electron chi connectivity index (χ0n) is 41.0. The average molecular weight is 733 g/mol. The molecule has 0 heteroatoms. The van der Waals surface area contributed by atoms with E-state index < -0.39 is 0 Å². The van der Waals surface area contributed by atoms with Crippen LogP contribution >= 0.6 is 0 Å². The quantitative estimate of drug-likeness (QED) is 0.196. The maximum Gasteiger partial charge on any atom is -0.00791 e. The van der Waals surface area contributed by atoms with Crippen molar-refractivity contribution < 1.29 is 0 Å². The second-order valence-corrected chi connectivity index (χ2v) is 22.4. The van der Waals surface area contributed by atoms with Crippen LogP contribution in [0.15, 0.2) is 57.2 Å². The predicted molar refractivity (Wildman–Crippen MR) is 243 cm³/mol. The number of rotatable bonds is 10. The monoisotopic (exact) mass is 733 g/mol. The van der Waals surface area contributed by atoms with Gasteiger partial charge in [0, 0.05) is 0 Å². The zero-order valence-corrected chi connectivity index (χ0v) is 41.0. The van der Waals surface area contributed by atoms with Crippen molar-refractivity contribution in [2.24, 2.45) is 80.3 Å². The summed E-state index contributed by atoms with van der Waals surface area (Å²) in [5.41, 5.74) is 12.9. The van der Waals surface area contributed by atoms with Crippen LogP contribution in [-0.2, 0) is 0 Å². The SMILES string of the molecule is CC1=CCC(/C(C)=C(\C)C(C)(C)C(C)C)C1(C)C.CC1=CCC(C(C)/C(C)=C(\C)C(C)C)C1(C)C.CC1=CCC(C(C)C(C)C(C)(C)C(C)C)C1(C)C. The topological polar surface area (TPSA) is 0 Å². The first-order valence-electron chi connectivity index (χ1n) is 22.1. The Morgan fingerprint density at radius 2 is 0.962 bits per heavy atom. The lowest BCUT2D eigenvalue weighted by atomic mass is 9.60. The molecule has 0 saturated heterocycles. The van der Waals surface area contributed by atoms with Crippen molar-refractivity contribution in [1.29, 1.82) is 0 Å². The Hall–Kier alpha value is -1.30. The summed E-state index contributed by atoms with van der Waals surface area (Å²) in [6.45, 7) is 61.7. The van der Waals surface area contributed by atoms with Crippen LogP contribution in [0.2, 0.25) is 0 Å². The van der Waals surface area contributed by atoms with E-state index in [2.05, 4.69) is 198 Å². The molecule has 0 aromatic carbocycles. The van der Waals surface area contributed by atoms with Crippen molar-refractivity contribution in [3.63, 3.8) is 0 Å². The third-order valence-electron chi connectivity index (χ3n) is 18.2. The van der Waals surface area contributed by atoms with Gasteiger partial charge in [-0.25, -0.2) is 0 Å². The van der Waals surface area contributed by atoms with Gasteiger partial charge >= 0.3 is 0 Å². The molecule has 0 radical (unpaired) electrons. The Kier molecular flexibility index (Phi) is 17.2. The van der Waals surface area contributed by atoms with Crippen molar-refractivity contribution >= 4 is 0 Å². The highest BCUT2D eigenvalue weighted by molar-refractivity contribution is 5.30. The highest BCUT2D eigenvalue weighted by Gasteiger charge is 2.44. The van der Waals surface area contributed by atoms with Gasteiger partial charge in [0.1, 0.15) is 0 Å². The normalized spacial score (nSPS) is 26.4. The Bertz CT molecular complexity index is 1370. The van der Waals surface area contributed by atoms with Gasteiger partial charge in [0.05, 0.1) is 0 Å². The fourth-order valence-corrected chi connectivity index (χ4v) is 9.72. The minimum Gasteiger partial charge on any atom is -0.0847 e. The molecule has 3 rings (SSSR count). The molecule has 308 valence electrons. The van der Waals surface area contributed by atoms with Gasteiger partial charge in [-0.15, -0.1) is 0 Å². The Morgan fingerprint density at radius 3 is 1.28 bits per heavy atom. The predicted octanol–water partition coefficient (Wildman–Crippen LogP) is 17.5. The van der Waals surface area contributed by atoms with Crippen LogP contribution < -0.4 is 0 Å². The second-order valence-electron chi connectivity index (χ2n) is 22.4. The Labute approximate surface area is 335 Å². The molecule has 0 bridgehead atoms. The van der Waals surface area contributed by atoms with E-state index in [1.165, 1.54) is 19.3 Å². The van der Waals surface area contributed by atoms with Crippen molar-refractivity contribution in [1.82, 2.24) is 0 Å². The molecule has 3 aliphatic rings. The molecule has 0 aromatic heterocycles. The van der Waals surface area contributed by atoms with E-state index in [4.69, 9.17) is 0 Å². The highest BCUT2D eigenvalue weighted by Crippen LogP contribution is 2.53. The molecule has 53 heavy (non-hydrogen) atoms. The minimum atomic E-state index is 0.302. The summed E-state index contributed by atoms with van der Waals surface area (Å²) in [6.07, 6.45) is 11.1. The summed E-state index contributed by atoms with van der Waals surface area (Å²) in [4.78, 5) is 0. The first-order valence-corrected chi connectivity index (χ1v) is 22.1. The summed E-state index contributed by atoms with van der Waals surface area (Å²) in [7, 11) is 0. The van der Waals surface area contributed by atoms with Crippen LogP contribution in [0.3, 0.4) is 0 Å². The average Bonchev–Trinajstić information content (AvgIpc) is 3.60. The molecule has 0 amide bonds. The van der Waals surface area contributed by atoms with E-state index in [0.29, 0.717) is 50.7 Å². The van der Waals surface area contributed by atoms with Crippen LogP contribution in [-0.4, -0.2) is 0 Å². The molecule has 0 spiro atoms. The maximum absolute atomic E-state index is 2.48. The molecule has 0 aliphatic heterocycles. The van der Waals surface area contributed by atoms with Crippen molar-refractivity contribution in [3.8, 4) is 0 Å². The van der Waals surface area contributed by atoms with Gasteiger partial charge in [-0.1, -0.05) is 189 Å². The van der Waals surface area contributed by atoms with Crippen molar-refractivity contribution in [2.75, 3.05) is 0 Å². The van der Waals surface area contributed by atoms with Gasteiger partial charge in [-0.05, 0) is 148 Å². The van der Waals surface area contributed by atoms with E-state index in [1.54, 1.807) is 39.0 Å². The molecule has 0 saturated carbocycles. The summed E-state index contributed by atoms with van der Waals surface area (Å²) < 4.78 is 0. The van der Waals surface area contributed by atoms with Crippen LogP contribution in [0.4, 0.5) is 0 Å². The smallest absolute Gasteiger partial charge is 0.00791 e. The molecule has 0 fully saturated rings.